The van der Waals surface area contributed by atoms with Gasteiger partial charge < -0.3 is 9.80 Å². The Labute approximate surface area is 170 Å². The molecule has 1 amide bonds. The first-order valence-corrected chi connectivity index (χ1v) is 10.5. The van der Waals surface area contributed by atoms with Crippen LogP contribution in [0.2, 0.25) is 0 Å². The smallest absolute Gasteiger partial charge is 0.254 e. The molecular weight excluding hydrogens is 366 g/mol. The van der Waals surface area contributed by atoms with Gasteiger partial charge in [-0.25, -0.2) is 0 Å². The van der Waals surface area contributed by atoms with Gasteiger partial charge in [-0.3, -0.25) is 9.78 Å². The zero-order valence-electron chi connectivity index (χ0n) is 16.6. The molecule has 1 aliphatic rings. The number of aromatic nitrogens is 1. The molecule has 4 nitrogen and oxygen atoms in total. The SMILES string of the molecule is Cc1cccc(N2CCN(C(=O)c3ccnc(-c4ccc(C)s4)c3)C[C@@H]2C)c1. The number of carbonyl (C=O) groups excluding carboxylic acids is 1. The number of hydrogen-bond donors (Lipinski definition) is 0. The normalized spacial score (nSPS) is 17.0. The van der Waals surface area contributed by atoms with Gasteiger partial charge in [0, 0.05) is 48.0 Å². The van der Waals surface area contributed by atoms with Crippen molar-refractivity contribution in [2.45, 2.75) is 26.8 Å². The zero-order chi connectivity index (χ0) is 19.7. The van der Waals surface area contributed by atoms with Gasteiger partial charge >= 0.3 is 0 Å². The van der Waals surface area contributed by atoms with Crippen LogP contribution in [-0.2, 0) is 0 Å². The molecule has 5 heteroatoms. The van der Waals surface area contributed by atoms with Crippen molar-refractivity contribution in [1.29, 1.82) is 0 Å². The molecule has 1 aromatic carbocycles. The van der Waals surface area contributed by atoms with Crippen LogP contribution < -0.4 is 4.90 Å². The molecule has 0 spiro atoms. The summed E-state index contributed by atoms with van der Waals surface area (Å²) in [7, 11) is 0. The van der Waals surface area contributed by atoms with Gasteiger partial charge in [0.25, 0.3) is 5.91 Å². The number of anilines is 1. The minimum atomic E-state index is 0.0904. The van der Waals surface area contributed by atoms with Crippen LogP contribution in [0.1, 0.15) is 27.7 Å². The maximum absolute atomic E-state index is 13.1. The minimum Gasteiger partial charge on any atom is -0.365 e. The van der Waals surface area contributed by atoms with Gasteiger partial charge in [-0.15, -0.1) is 11.3 Å². The van der Waals surface area contributed by atoms with Crippen molar-refractivity contribution >= 4 is 22.9 Å². The molecule has 0 radical (unpaired) electrons. The lowest BCUT2D eigenvalue weighted by Gasteiger charge is -2.41. The first kappa shape index (κ1) is 18.7. The Bertz CT molecular complexity index is 997. The molecule has 0 aliphatic carbocycles. The van der Waals surface area contributed by atoms with Gasteiger partial charge in [0.1, 0.15) is 0 Å². The van der Waals surface area contributed by atoms with Gasteiger partial charge in [-0.2, -0.15) is 0 Å². The second kappa shape index (κ2) is 7.76. The summed E-state index contributed by atoms with van der Waals surface area (Å²) in [4.78, 5) is 24.3. The molecule has 4 rings (SSSR count). The predicted octanol–water partition coefficient (Wildman–Crippen LogP) is 4.78. The standard InChI is InChI=1S/C23H25N3OS/c1-16-5-4-6-20(13-16)26-12-11-25(15-17(26)2)23(27)19-9-10-24-21(14-19)22-8-7-18(3)28-22/h4-10,13-14,17H,11-12,15H2,1-3H3/t17-/m0/s1. The summed E-state index contributed by atoms with van der Waals surface area (Å²) in [5.41, 5.74) is 4.08. The quantitative estimate of drug-likeness (QED) is 0.645. The molecule has 0 saturated carbocycles. The number of nitrogens with zero attached hydrogens (tertiary/aromatic N) is 3. The maximum Gasteiger partial charge on any atom is 0.254 e. The highest BCUT2D eigenvalue weighted by Crippen LogP contribution is 2.27. The second-order valence-corrected chi connectivity index (χ2v) is 8.76. The van der Waals surface area contributed by atoms with E-state index >= 15 is 0 Å². The predicted molar refractivity (Wildman–Crippen MR) is 116 cm³/mol. The molecule has 0 unspecified atom stereocenters. The Morgan fingerprint density at radius 3 is 2.68 bits per heavy atom. The number of amides is 1. The average molecular weight is 392 g/mol. The van der Waals surface area contributed by atoms with E-state index in [0.29, 0.717) is 5.56 Å². The lowest BCUT2D eigenvalue weighted by molar-refractivity contribution is 0.0726. The minimum absolute atomic E-state index is 0.0904. The van der Waals surface area contributed by atoms with Gasteiger partial charge in [0.2, 0.25) is 0 Å². The molecule has 2 aromatic heterocycles. The largest absolute Gasteiger partial charge is 0.365 e. The van der Waals surface area contributed by atoms with Crippen LogP contribution >= 0.6 is 11.3 Å². The molecule has 0 N–H and O–H groups in total. The fourth-order valence-corrected chi connectivity index (χ4v) is 4.62. The lowest BCUT2D eigenvalue weighted by Crippen LogP contribution is -2.53. The van der Waals surface area contributed by atoms with Crippen molar-refractivity contribution in [2.24, 2.45) is 0 Å². The number of benzene rings is 1. The van der Waals surface area contributed by atoms with E-state index in [1.54, 1.807) is 17.5 Å². The molecule has 1 atom stereocenters. The van der Waals surface area contributed by atoms with E-state index in [1.165, 1.54) is 16.1 Å². The van der Waals surface area contributed by atoms with E-state index in [0.717, 1.165) is 30.2 Å². The lowest BCUT2D eigenvalue weighted by atomic mass is 10.1. The molecular formula is C23H25N3OS. The molecule has 0 bridgehead atoms. The van der Waals surface area contributed by atoms with Crippen LogP contribution in [0.15, 0.2) is 54.7 Å². The first-order chi connectivity index (χ1) is 13.5. The van der Waals surface area contributed by atoms with E-state index in [9.17, 15) is 4.79 Å². The van der Waals surface area contributed by atoms with Crippen LogP contribution in [0, 0.1) is 13.8 Å². The summed E-state index contributed by atoms with van der Waals surface area (Å²) in [6, 6.07) is 16.8. The van der Waals surface area contributed by atoms with Crippen molar-refractivity contribution in [1.82, 2.24) is 9.88 Å². The summed E-state index contributed by atoms with van der Waals surface area (Å²) < 4.78 is 0. The molecule has 144 valence electrons. The Balaban J connectivity index is 1.49. The van der Waals surface area contributed by atoms with Crippen LogP contribution in [0.3, 0.4) is 0 Å². The molecule has 28 heavy (non-hydrogen) atoms. The van der Waals surface area contributed by atoms with Gasteiger partial charge in [-0.1, -0.05) is 12.1 Å². The number of hydrogen-bond acceptors (Lipinski definition) is 4. The Morgan fingerprint density at radius 2 is 1.96 bits per heavy atom. The van der Waals surface area contributed by atoms with Crippen LogP contribution in [0.4, 0.5) is 5.69 Å². The number of pyridine rings is 1. The summed E-state index contributed by atoms with van der Waals surface area (Å²) in [5, 5.41) is 0. The van der Waals surface area contributed by atoms with E-state index in [-0.39, 0.29) is 11.9 Å². The van der Waals surface area contributed by atoms with Gasteiger partial charge in [-0.05, 0) is 62.7 Å². The number of thiophene rings is 1. The third kappa shape index (κ3) is 3.80. The molecule has 3 aromatic rings. The number of piperazine rings is 1. The van der Waals surface area contributed by atoms with E-state index in [4.69, 9.17) is 0 Å². The molecule has 3 heterocycles. The van der Waals surface area contributed by atoms with Crippen LogP contribution in [0.5, 0.6) is 0 Å². The topological polar surface area (TPSA) is 36.4 Å². The first-order valence-electron chi connectivity index (χ1n) is 9.67. The number of aryl methyl sites for hydroxylation is 2. The van der Waals surface area contributed by atoms with E-state index in [1.807, 2.05) is 17.0 Å². The maximum atomic E-state index is 13.1. The summed E-state index contributed by atoms with van der Waals surface area (Å²) in [6.45, 7) is 8.68. The summed E-state index contributed by atoms with van der Waals surface area (Å²) in [5.74, 6) is 0.0904. The van der Waals surface area contributed by atoms with E-state index < -0.39 is 0 Å². The monoisotopic (exact) mass is 391 g/mol. The fourth-order valence-electron chi connectivity index (χ4n) is 3.79. The van der Waals surface area contributed by atoms with Gasteiger partial charge in [0.05, 0.1) is 10.6 Å². The van der Waals surface area contributed by atoms with Crippen LogP contribution in [-0.4, -0.2) is 41.5 Å². The zero-order valence-corrected chi connectivity index (χ0v) is 17.4. The number of carbonyl (C=O) groups is 1. The summed E-state index contributed by atoms with van der Waals surface area (Å²) >= 11 is 1.70. The highest BCUT2D eigenvalue weighted by molar-refractivity contribution is 7.15. The molecule has 1 aliphatic heterocycles. The fraction of sp³-hybridized carbons (Fsp3) is 0.304. The van der Waals surface area contributed by atoms with E-state index in [2.05, 4.69) is 67.1 Å². The Morgan fingerprint density at radius 1 is 1.11 bits per heavy atom. The highest BCUT2D eigenvalue weighted by Gasteiger charge is 2.27. The van der Waals surface area contributed by atoms with Crippen molar-refractivity contribution in [3.05, 3.63) is 70.7 Å². The van der Waals surface area contributed by atoms with Crippen molar-refractivity contribution < 1.29 is 4.79 Å². The van der Waals surface area contributed by atoms with Crippen LogP contribution in [0.25, 0.3) is 10.6 Å². The average Bonchev–Trinajstić information content (AvgIpc) is 3.14. The van der Waals surface area contributed by atoms with Gasteiger partial charge in [0.15, 0.2) is 0 Å². The third-order valence-corrected chi connectivity index (χ3v) is 6.27. The molecule has 1 saturated heterocycles. The Kier molecular flexibility index (Phi) is 5.18. The number of rotatable bonds is 3. The second-order valence-electron chi connectivity index (χ2n) is 7.47. The summed E-state index contributed by atoms with van der Waals surface area (Å²) in [6.07, 6.45) is 1.74. The molecule has 1 fully saturated rings. The van der Waals surface area contributed by atoms with Crippen molar-refractivity contribution in [3.8, 4) is 10.6 Å². The third-order valence-electron chi connectivity index (χ3n) is 5.25. The Hall–Kier alpha value is -2.66. The van der Waals surface area contributed by atoms with Crippen molar-refractivity contribution in [2.75, 3.05) is 24.5 Å². The van der Waals surface area contributed by atoms with Crippen molar-refractivity contribution in [3.63, 3.8) is 0 Å². The highest BCUT2D eigenvalue weighted by atomic mass is 32.1.